The lowest BCUT2D eigenvalue weighted by molar-refractivity contribution is 0.468. The number of hydrogen-bond donors (Lipinski definition) is 1. The van der Waals surface area contributed by atoms with Crippen LogP contribution >= 0.6 is 23.5 Å². The van der Waals surface area contributed by atoms with Crippen LogP contribution in [-0.4, -0.2) is 20.4 Å². The highest BCUT2D eigenvalue weighted by molar-refractivity contribution is 8.25. The van der Waals surface area contributed by atoms with Gasteiger partial charge in [-0.3, -0.25) is 4.57 Å². The monoisotopic (exact) mass is 301 g/mol. The van der Waals surface area contributed by atoms with Crippen LogP contribution in [0.5, 0.6) is 5.75 Å². The van der Waals surface area contributed by atoms with Crippen LogP contribution in [0.25, 0.3) is 5.70 Å². The highest BCUT2D eigenvalue weighted by atomic mass is 32.2. The normalized spacial score (nSPS) is 20.6. The fraction of sp³-hybridized carbons (Fsp3) is 0.143. The summed E-state index contributed by atoms with van der Waals surface area (Å²) in [6, 6.07) is 9.59. The summed E-state index contributed by atoms with van der Waals surface area (Å²) in [7, 11) is 0. The van der Waals surface area contributed by atoms with Crippen LogP contribution in [0.15, 0.2) is 47.2 Å². The van der Waals surface area contributed by atoms with E-state index >= 15 is 0 Å². The molecule has 2 heterocycles. The molecule has 0 radical (unpaired) electrons. The number of benzene rings is 1. The van der Waals surface area contributed by atoms with Gasteiger partial charge in [-0.15, -0.1) is 23.5 Å². The van der Waals surface area contributed by atoms with Crippen molar-refractivity contribution in [2.75, 3.05) is 5.75 Å². The molecule has 20 heavy (non-hydrogen) atoms. The van der Waals surface area contributed by atoms with Gasteiger partial charge in [0, 0.05) is 29.0 Å². The summed E-state index contributed by atoms with van der Waals surface area (Å²) in [5, 5.41) is 19.4. The first-order chi connectivity index (χ1) is 9.79. The summed E-state index contributed by atoms with van der Waals surface area (Å²) in [6.45, 7) is 0. The van der Waals surface area contributed by atoms with Crippen LogP contribution in [0.4, 0.5) is 0 Å². The Morgan fingerprint density at radius 1 is 1.45 bits per heavy atom. The highest BCUT2D eigenvalue weighted by Gasteiger charge is 2.27. The maximum Gasteiger partial charge on any atom is 0.145 e. The van der Waals surface area contributed by atoms with Gasteiger partial charge < -0.3 is 5.11 Å². The molecule has 0 aliphatic carbocycles. The Hall–Kier alpha value is -1.84. The van der Waals surface area contributed by atoms with E-state index in [4.69, 9.17) is 0 Å². The van der Waals surface area contributed by atoms with E-state index in [1.165, 1.54) is 0 Å². The molecular weight excluding hydrogens is 290 g/mol. The van der Waals surface area contributed by atoms with Gasteiger partial charge >= 0.3 is 0 Å². The summed E-state index contributed by atoms with van der Waals surface area (Å²) in [6.07, 6.45) is 5.04. The van der Waals surface area contributed by atoms with Gasteiger partial charge in [0.1, 0.15) is 17.5 Å². The minimum atomic E-state index is 0.170. The highest BCUT2D eigenvalue weighted by Crippen LogP contribution is 2.53. The van der Waals surface area contributed by atoms with Crippen molar-refractivity contribution in [2.45, 2.75) is 5.25 Å². The van der Waals surface area contributed by atoms with Crippen LogP contribution in [0.1, 0.15) is 10.8 Å². The molecule has 4 nitrogen and oxygen atoms in total. The topological polar surface area (TPSA) is 61.8 Å². The number of nitriles is 1. The zero-order valence-electron chi connectivity index (χ0n) is 10.4. The number of aromatic hydroxyl groups is 1. The predicted octanol–water partition coefficient (Wildman–Crippen LogP) is 3.46. The van der Waals surface area contributed by atoms with Gasteiger partial charge in [0.2, 0.25) is 0 Å². The van der Waals surface area contributed by atoms with Crippen molar-refractivity contribution < 1.29 is 5.11 Å². The van der Waals surface area contributed by atoms with Gasteiger partial charge in [-0.05, 0) is 6.07 Å². The molecule has 1 aliphatic heterocycles. The predicted molar refractivity (Wildman–Crippen MR) is 82.0 cm³/mol. The Bertz CT molecular complexity index is 689. The molecule has 1 aromatic carbocycles. The van der Waals surface area contributed by atoms with Crippen molar-refractivity contribution in [3.05, 3.63) is 52.8 Å². The molecule has 1 aliphatic rings. The summed E-state index contributed by atoms with van der Waals surface area (Å²) >= 11 is 3.27. The number of phenolic OH excluding ortho intramolecular Hbond substituents is 1. The third-order valence-corrected chi connectivity index (χ3v) is 5.88. The number of phenols is 1. The molecule has 1 aromatic heterocycles. The van der Waals surface area contributed by atoms with E-state index in [0.29, 0.717) is 11.4 Å². The molecule has 1 saturated heterocycles. The van der Waals surface area contributed by atoms with Crippen LogP contribution in [0.3, 0.4) is 0 Å². The molecule has 1 unspecified atom stereocenters. The Morgan fingerprint density at radius 3 is 3.00 bits per heavy atom. The number of thioether (sulfide) groups is 2. The first-order valence-corrected chi connectivity index (χ1v) is 7.86. The van der Waals surface area contributed by atoms with E-state index in [1.807, 2.05) is 18.2 Å². The van der Waals surface area contributed by atoms with E-state index in [0.717, 1.165) is 15.6 Å². The Labute approximate surface area is 125 Å². The Morgan fingerprint density at radius 2 is 2.30 bits per heavy atom. The Kier molecular flexibility index (Phi) is 3.72. The lowest BCUT2D eigenvalue weighted by atomic mass is 10.1. The van der Waals surface area contributed by atoms with Crippen LogP contribution in [-0.2, 0) is 0 Å². The molecule has 0 spiro atoms. The van der Waals surface area contributed by atoms with Crippen LogP contribution < -0.4 is 0 Å². The first kappa shape index (κ1) is 13.2. The molecule has 0 amide bonds. The number of hydrogen-bond acceptors (Lipinski definition) is 5. The molecule has 2 aromatic rings. The minimum Gasteiger partial charge on any atom is -0.508 e. The summed E-state index contributed by atoms with van der Waals surface area (Å²) < 4.78 is 2.70. The van der Waals surface area contributed by atoms with Crippen LogP contribution in [0.2, 0.25) is 0 Å². The van der Waals surface area contributed by atoms with Crippen molar-refractivity contribution in [2.24, 2.45) is 0 Å². The second kappa shape index (κ2) is 5.65. The van der Waals surface area contributed by atoms with E-state index in [-0.39, 0.29) is 5.25 Å². The van der Waals surface area contributed by atoms with Gasteiger partial charge in [-0.25, -0.2) is 4.98 Å². The van der Waals surface area contributed by atoms with Crippen molar-refractivity contribution in [3.8, 4) is 11.8 Å². The zero-order chi connectivity index (χ0) is 13.9. The number of imidazole rings is 1. The van der Waals surface area contributed by atoms with E-state index in [9.17, 15) is 10.4 Å². The minimum absolute atomic E-state index is 0.170. The molecule has 0 bridgehead atoms. The molecule has 1 N–H and O–H groups in total. The van der Waals surface area contributed by atoms with Gasteiger partial charge in [0.25, 0.3) is 0 Å². The number of nitrogens with zero attached hydrogens (tertiary/aromatic N) is 3. The quantitative estimate of drug-likeness (QED) is 0.861. The lowest BCUT2D eigenvalue weighted by Crippen LogP contribution is -1.93. The summed E-state index contributed by atoms with van der Waals surface area (Å²) in [5.74, 6) is 1.16. The van der Waals surface area contributed by atoms with Crippen molar-refractivity contribution >= 4 is 29.2 Å². The number of para-hydroxylation sites is 1. The van der Waals surface area contributed by atoms with Crippen molar-refractivity contribution in [1.29, 1.82) is 5.26 Å². The van der Waals surface area contributed by atoms with Gasteiger partial charge in [0.15, 0.2) is 0 Å². The maximum atomic E-state index is 9.92. The molecular formula is C14H11N3OS2. The van der Waals surface area contributed by atoms with Crippen molar-refractivity contribution in [3.63, 3.8) is 0 Å². The van der Waals surface area contributed by atoms with Gasteiger partial charge in [-0.1, -0.05) is 18.2 Å². The third-order valence-electron chi connectivity index (χ3n) is 2.96. The fourth-order valence-corrected chi connectivity index (χ4v) is 4.90. The maximum absolute atomic E-state index is 9.92. The molecule has 0 saturated carbocycles. The molecule has 100 valence electrons. The van der Waals surface area contributed by atoms with E-state index < -0.39 is 0 Å². The summed E-state index contributed by atoms with van der Waals surface area (Å²) in [4.78, 5) is 3.97. The largest absolute Gasteiger partial charge is 0.508 e. The molecule has 1 atom stereocenters. The molecule has 1 fully saturated rings. The van der Waals surface area contributed by atoms with Crippen molar-refractivity contribution in [1.82, 2.24) is 9.55 Å². The molecule has 3 rings (SSSR count). The first-order valence-electron chi connectivity index (χ1n) is 5.99. The number of rotatable bonds is 2. The third kappa shape index (κ3) is 2.42. The smallest absolute Gasteiger partial charge is 0.145 e. The lowest BCUT2D eigenvalue weighted by Gasteiger charge is -2.09. The standard InChI is InChI=1S/C14H11N3OS2/c15-7-11(17-6-5-16-9-17)14-19-8-13(20-14)10-3-1-2-4-12(10)18/h1-6,9,13,18H,8H2. The zero-order valence-corrected chi connectivity index (χ0v) is 12.1. The number of aromatic nitrogens is 2. The fourth-order valence-electron chi connectivity index (χ4n) is 1.99. The second-order valence-electron chi connectivity index (χ2n) is 4.19. The Balaban J connectivity index is 1.90. The summed E-state index contributed by atoms with van der Waals surface area (Å²) in [5.41, 5.74) is 1.51. The second-order valence-corrected chi connectivity index (χ2v) is 6.70. The van der Waals surface area contributed by atoms with E-state index in [2.05, 4.69) is 11.1 Å². The van der Waals surface area contributed by atoms with Gasteiger partial charge in [-0.2, -0.15) is 5.26 Å². The average Bonchev–Trinajstić information content (AvgIpc) is 3.12. The molecule has 6 heteroatoms. The van der Waals surface area contributed by atoms with Crippen LogP contribution in [0, 0.1) is 11.3 Å². The van der Waals surface area contributed by atoms with E-state index in [1.54, 1.807) is 52.9 Å². The average molecular weight is 301 g/mol. The van der Waals surface area contributed by atoms with Gasteiger partial charge in [0.05, 0.1) is 10.6 Å². The number of allylic oxidation sites excluding steroid dienone is 1. The SMILES string of the molecule is N#CC(=C1SCC(c2ccccc2O)S1)n1ccnc1.